The van der Waals surface area contributed by atoms with Gasteiger partial charge in [-0.2, -0.15) is 0 Å². The van der Waals surface area contributed by atoms with Crippen LogP contribution in [-0.2, 0) is 0 Å². The van der Waals surface area contributed by atoms with E-state index in [-0.39, 0.29) is 6.10 Å². The lowest BCUT2D eigenvalue weighted by Gasteiger charge is -2.07. The van der Waals surface area contributed by atoms with Crippen LogP contribution in [0.2, 0.25) is 0 Å². The third-order valence-corrected chi connectivity index (χ3v) is 1.26. The number of ether oxygens (including phenoxy) is 1. The summed E-state index contributed by atoms with van der Waals surface area (Å²) in [6.45, 7) is 3.91. The molecule has 0 aliphatic heterocycles. The van der Waals surface area contributed by atoms with Gasteiger partial charge in [-0.15, -0.1) is 6.42 Å². The van der Waals surface area contributed by atoms with Gasteiger partial charge in [-0.25, -0.2) is 4.98 Å². The van der Waals surface area contributed by atoms with Gasteiger partial charge in [0, 0.05) is 17.8 Å². The lowest BCUT2D eigenvalue weighted by molar-refractivity contribution is 0.232. The van der Waals surface area contributed by atoms with Gasteiger partial charge >= 0.3 is 0 Å². The summed E-state index contributed by atoms with van der Waals surface area (Å²) in [5.41, 5.74) is 0.770. The summed E-state index contributed by atoms with van der Waals surface area (Å²) >= 11 is 0. The van der Waals surface area contributed by atoms with Gasteiger partial charge in [0.05, 0.1) is 6.10 Å². The third kappa shape index (κ3) is 2.28. The number of nitrogens with zero attached hydrogens (tertiary/aromatic N) is 1. The summed E-state index contributed by atoms with van der Waals surface area (Å²) in [5.74, 6) is 3.10. The first-order chi connectivity index (χ1) is 5.72. The van der Waals surface area contributed by atoms with Crippen molar-refractivity contribution >= 4 is 0 Å². The highest BCUT2D eigenvalue weighted by Gasteiger charge is 1.97. The number of aromatic nitrogens is 1. The Kier molecular flexibility index (Phi) is 2.71. The van der Waals surface area contributed by atoms with Crippen LogP contribution in [0.25, 0.3) is 0 Å². The van der Waals surface area contributed by atoms with E-state index in [4.69, 9.17) is 11.2 Å². The highest BCUT2D eigenvalue weighted by Crippen LogP contribution is 2.08. The molecule has 0 saturated carbocycles. The Morgan fingerprint density at radius 3 is 2.67 bits per heavy atom. The van der Waals surface area contributed by atoms with Crippen molar-refractivity contribution in [1.82, 2.24) is 4.98 Å². The Morgan fingerprint density at radius 2 is 2.25 bits per heavy atom. The zero-order chi connectivity index (χ0) is 8.97. The number of rotatable bonds is 2. The molecule has 1 aromatic rings. The molecule has 0 fully saturated rings. The molecule has 1 heterocycles. The molecule has 0 unspecified atom stereocenters. The van der Waals surface area contributed by atoms with Gasteiger partial charge in [0.25, 0.3) is 0 Å². The quantitative estimate of drug-likeness (QED) is 0.617. The molecule has 0 aliphatic carbocycles. The summed E-state index contributed by atoms with van der Waals surface area (Å²) in [6, 6.07) is 3.58. The van der Waals surface area contributed by atoms with Gasteiger partial charge in [0.15, 0.2) is 0 Å². The summed E-state index contributed by atoms with van der Waals surface area (Å²) in [7, 11) is 0. The minimum atomic E-state index is 0.147. The van der Waals surface area contributed by atoms with Crippen molar-refractivity contribution in [3.8, 4) is 18.2 Å². The van der Waals surface area contributed by atoms with Crippen LogP contribution >= 0.6 is 0 Å². The number of hydrogen-bond donors (Lipinski definition) is 0. The third-order valence-electron chi connectivity index (χ3n) is 1.26. The summed E-state index contributed by atoms with van der Waals surface area (Å²) in [4.78, 5) is 4.02. The molecule has 1 rings (SSSR count). The molecular weight excluding hydrogens is 150 g/mol. The smallest absolute Gasteiger partial charge is 0.213 e. The lowest BCUT2D eigenvalue weighted by Crippen LogP contribution is -2.06. The van der Waals surface area contributed by atoms with Crippen molar-refractivity contribution in [2.75, 3.05) is 0 Å². The Bertz CT molecular complexity index is 282. The standard InChI is InChI=1S/C10H11NO/c1-4-9-5-6-10(11-7-9)12-8(2)3/h1,5-8H,2-3H3. The molecule has 2 heteroatoms. The molecule has 0 N–H and O–H groups in total. The highest BCUT2D eigenvalue weighted by molar-refractivity contribution is 5.31. The molecule has 62 valence electrons. The second-order valence-electron chi connectivity index (χ2n) is 2.70. The monoisotopic (exact) mass is 161 g/mol. The summed E-state index contributed by atoms with van der Waals surface area (Å²) in [5, 5.41) is 0. The van der Waals surface area contributed by atoms with E-state index in [1.807, 2.05) is 19.9 Å². The van der Waals surface area contributed by atoms with Crippen molar-refractivity contribution in [2.24, 2.45) is 0 Å². The Labute approximate surface area is 72.6 Å². The van der Waals surface area contributed by atoms with Crippen LogP contribution < -0.4 is 4.74 Å². The van der Waals surface area contributed by atoms with E-state index in [1.165, 1.54) is 0 Å². The summed E-state index contributed by atoms with van der Waals surface area (Å²) in [6.07, 6.45) is 6.94. The zero-order valence-corrected chi connectivity index (χ0v) is 7.24. The first kappa shape index (κ1) is 8.61. The van der Waals surface area contributed by atoms with Crippen molar-refractivity contribution in [3.05, 3.63) is 23.9 Å². The maximum atomic E-state index is 5.33. The molecule has 0 radical (unpaired) electrons. The van der Waals surface area contributed by atoms with Crippen LogP contribution in [-0.4, -0.2) is 11.1 Å². The molecular formula is C10H11NO. The highest BCUT2D eigenvalue weighted by atomic mass is 16.5. The van der Waals surface area contributed by atoms with Gasteiger partial charge in [0.1, 0.15) is 0 Å². The molecule has 0 bridgehead atoms. The lowest BCUT2D eigenvalue weighted by atomic mass is 10.3. The van der Waals surface area contributed by atoms with Gasteiger partial charge in [0.2, 0.25) is 5.88 Å². The Morgan fingerprint density at radius 1 is 1.50 bits per heavy atom. The molecule has 0 spiro atoms. The molecule has 1 aromatic heterocycles. The average Bonchev–Trinajstić information content (AvgIpc) is 2.05. The van der Waals surface area contributed by atoms with E-state index in [9.17, 15) is 0 Å². The molecule has 0 aliphatic rings. The van der Waals surface area contributed by atoms with Gasteiger partial charge in [-0.3, -0.25) is 0 Å². The van der Waals surface area contributed by atoms with Crippen LogP contribution in [0.4, 0.5) is 0 Å². The van der Waals surface area contributed by atoms with Crippen molar-refractivity contribution < 1.29 is 4.74 Å². The number of hydrogen-bond acceptors (Lipinski definition) is 2. The largest absolute Gasteiger partial charge is 0.475 e. The van der Waals surface area contributed by atoms with E-state index in [0.717, 1.165) is 5.56 Å². The van der Waals surface area contributed by atoms with Crippen LogP contribution in [0.15, 0.2) is 18.3 Å². The second-order valence-corrected chi connectivity index (χ2v) is 2.70. The van der Waals surface area contributed by atoms with E-state index < -0.39 is 0 Å². The van der Waals surface area contributed by atoms with Crippen molar-refractivity contribution in [1.29, 1.82) is 0 Å². The fourth-order valence-electron chi connectivity index (χ4n) is 0.777. The summed E-state index contributed by atoms with van der Waals surface area (Å²) < 4.78 is 5.33. The molecule has 0 aromatic carbocycles. The molecule has 0 saturated heterocycles. The van der Waals surface area contributed by atoms with Gasteiger partial charge in [-0.05, 0) is 19.9 Å². The number of pyridine rings is 1. The van der Waals surface area contributed by atoms with Crippen LogP contribution in [0.3, 0.4) is 0 Å². The second kappa shape index (κ2) is 3.77. The van der Waals surface area contributed by atoms with E-state index in [1.54, 1.807) is 12.3 Å². The number of terminal acetylenes is 1. The normalized spacial score (nSPS) is 9.50. The average molecular weight is 161 g/mol. The molecule has 2 nitrogen and oxygen atoms in total. The fourth-order valence-corrected chi connectivity index (χ4v) is 0.777. The van der Waals surface area contributed by atoms with Gasteiger partial charge in [-0.1, -0.05) is 5.92 Å². The van der Waals surface area contributed by atoms with Crippen LogP contribution in [0.5, 0.6) is 5.88 Å². The maximum absolute atomic E-state index is 5.33. The van der Waals surface area contributed by atoms with Gasteiger partial charge < -0.3 is 4.74 Å². The molecule has 12 heavy (non-hydrogen) atoms. The van der Waals surface area contributed by atoms with Crippen molar-refractivity contribution in [3.63, 3.8) is 0 Å². The molecule has 0 atom stereocenters. The topological polar surface area (TPSA) is 22.1 Å². The van der Waals surface area contributed by atoms with E-state index >= 15 is 0 Å². The Hall–Kier alpha value is -1.49. The minimum absolute atomic E-state index is 0.147. The first-order valence-corrected chi connectivity index (χ1v) is 3.81. The van der Waals surface area contributed by atoms with Crippen LogP contribution in [0.1, 0.15) is 19.4 Å². The van der Waals surface area contributed by atoms with E-state index in [2.05, 4.69) is 10.9 Å². The predicted octanol–water partition coefficient (Wildman–Crippen LogP) is 1.85. The first-order valence-electron chi connectivity index (χ1n) is 3.81. The Balaban J connectivity index is 2.73. The fraction of sp³-hybridized carbons (Fsp3) is 0.300. The predicted molar refractivity (Wildman–Crippen MR) is 47.9 cm³/mol. The SMILES string of the molecule is C#Cc1ccc(OC(C)C)nc1. The molecule has 0 amide bonds. The van der Waals surface area contributed by atoms with Crippen LogP contribution in [0, 0.1) is 12.3 Å². The zero-order valence-electron chi connectivity index (χ0n) is 7.24. The van der Waals surface area contributed by atoms with E-state index in [0.29, 0.717) is 5.88 Å². The minimum Gasteiger partial charge on any atom is -0.475 e. The maximum Gasteiger partial charge on any atom is 0.213 e. The van der Waals surface area contributed by atoms with Crippen molar-refractivity contribution in [2.45, 2.75) is 20.0 Å².